The lowest BCUT2D eigenvalue weighted by atomic mass is 9.62. The van der Waals surface area contributed by atoms with Crippen molar-refractivity contribution in [3.05, 3.63) is 216 Å². The van der Waals surface area contributed by atoms with E-state index >= 15 is 0 Å². The molecule has 4 heterocycles. The third-order valence-corrected chi connectivity index (χ3v) is 13.7. The maximum atomic E-state index is 2.55. The zero-order valence-electron chi connectivity index (χ0n) is 30.3. The lowest BCUT2D eigenvalue weighted by Gasteiger charge is -2.45. The molecule has 1 spiro atoms. The van der Waals surface area contributed by atoms with Gasteiger partial charge in [0.1, 0.15) is 0 Å². The lowest BCUT2D eigenvalue weighted by Crippen LogP contribution is -2.37. The third kappa shape index (κ3) is 3.83. The average molecular weight is 729 g/mol. The van der Waals surface area contributed by atoms with Crippen LogP contribution in [0.1, 0.15) is 22.3 Å². The number of para-hydroxylation sites is 4. The Kier molecular flexibility index (Phi) is 6.06. The third-order valence-electron chi connectivity index (χ3n) is 12.6. The van der Waals surface area contributed by atoms with E-state index in [9.17, 15) is 0 Å². The van der Waals surface area contributed by atoms with Gasteiger partial charge in [-0.05, 0) is 92.7 Å². The van der Waals surface area contributed by atoms with Gasteiger partial charge in [0.15, 0.2) is 0 Å². The smallest absolute Gasteiger partial charge is 0.0764 e. The van der Waals surface area contributed by atoms with Crippen molar-refractivity contribution in [3.63, 3.8) is 0 Å². The molecule has 0 aliphatic carbocycles. The summed E-state index contributed by atoms with van der Waals surface area (Å²) >= 11 is 1.91. The minimum atomic E-state index is -0.519. The summed E-state index contributed by atoms with van der Waals surface area (Å²) in [7, 11) is 0. The molecule has 2 nitrogen and oxygen atoms in total. The van der Waals surface area contributed by atoms with Crippen molar-refractivity contribution in [1.29, 1.82) is 0 Å². The Labute approximate surface area is 327 Å². The molecule has 11 aromatic rings. The van der Waals surface area contributed by atoms with Gasteiger partial charge in [0.25, 0.3) is 0 Å². The van der Waals surface area contributed by atoms with Gasteiger partial charge in [0, 0.05) is 37.0 Å². The van der Waals surface area contributed by atoms with Crippen LogP contribution in [0.25, 0.3) is 76.9 Å². The second-order valence-electron chi connectivity index (χ2n) is 15.2. The Morgan fingerprint density at radius 1 is 0.375 bits per heavy atom. The molecule has 2 aromatic heterocycles. The number of fused-ring (bicyclic) bond motifs is 15. The highest BCUT2D eigenvalue weighted by Crippen LogP contribution is 2.61. The highest BCUT2D eigenvalue weighted by atomic mass is 32.2. The predicted molar refractivity (Wildman–Crippen MR) is 234 cm³/mol. The van der Waals surface area contributed by atoms with Crippen LogP contribution >= 0.6 is 11.8 Å². The van der Waals surface area contributed by atoms with Gasteiger partial charge < -0.3 is 9.13 Å². The topological polar surface area (TPSA) is 9.86 Å². The summed E-state index contributed by atoms with van der Waals surface area (Å²) in [6, 6.07) is 72.5. The lowest BCUT2D eigenvalue weighted by molar-refractivity contribution is 0.691. The molecule has 0 radical (unpaired) electrons. The Bertz CT molecular complexity index is 3450. The molecule has 260 valence electrons. The molecular weight excluding hydrogens is 697 g/mol. The van der Waals surface area contributed by atoms with Crippen molar-refractivity contribution in [3.8, 4) is 22.5 Å². The summed E-state index contributed by atoms with van der Waals surface area (Å²) in [4.78, 5) is 2.60. The first kappa shape index (κ1) is 30.5. The maximum Gasteiger partial charge on any atom is 0.0764 e. The zero-order chi connectivity index (χ0) is 36.5. The van der Waals surface area contributed by atoms with E-state index in [-0.39, 0.29) is 0 Å². The number of rotatable bonds is 2. The van der Waals surface area contributed by atoms with Crippen molar-refractivity contribution < 1.29 is 0 Å². The van der Waals surface area contributed by atoms with E-state index in [1.807, 2.05) is 11.8 Å². The Morgan fingerprint density at radius 3 is 1.86 bits per heavy atom. The van der Waals surface area contributed by atoms with Crippen LogP contribution in [0.4, 0.5) is 0 Å². The van der Waals surface area contributed by atoms with Gasteiger partial charge in [-0.3, -0.25) is 0 Å². The fourth-order valence-electron chi connectivity index (χ4n) is 10.3. The van der Waals surface area contributed by atoms with Crippen molar-refractivity contribution in [2.24, 2.45) is 0 Å². The summed E-state index contributed by atoms with van der Waals surface area (Å²) in [5.74, 6) is 0. The van der Waals surface area contributed by atoms with Crippen molar-refractivity contribution >= 4 is 66.1 Å². The Morgan fingerprint density at radius 2 is 1.00 bits per heavy atom. The number of benzene rings is 9. The molecule has 3 heteroatoms. The van der Waals surface area contributed by atoms with Gasteiger partial charge in [-0.25, -0.2) is 0 Å². The van der Waals surface area contributed by atoms with Crippen molar-refractivity contribution in [1.82, 2.24) is 9.13 Å². The molecule has 0 bridgehead atoms. The predicted octanol–water partition coefficient (Wildman–Crippen LogP) is 13.9. The van der Waals surface area contributed by atoms with Crippen LogP contribution in [0, 0.1) is 0 Å². The molecule has 0 amide bonds. The summed E-state index contributed by atoms with van der Waals surface area (Å²) in [6.07, 6.45) is 0. The van der Waals surface area contributed by atoms with E-state index < -0.39 is 5.41 Å². The first-order chi connectivity index (χ1) is 27.8. The molecule has 0 N–H and O–H groups in total. The molecule has 0 saturated heterocycles. The summed E-state index contributed by atoms with van der Waals surface area (Å²) in [6.45, 7) is 0. The van der Waals surface area contributed by atoms with Gasteiger partial charge in [-0.1, -0.05) is 157 Å². The van der Waals surface area contributed by atoms with Gasteiger partial charge >= 0.3 is 0 Å². The van der Waals surface area contributed by atoms with E-state index in [4.69, 9.17) is 0 Å². The molecule has 56 heavy (non-hydrogen) atoms. The quantitative estimate of drug-likeness (QED) is 0.172. The first-order valence-electron chi connectivity index (χ1n) is 19.4. The van der Waals surface area contributed by atoms with E-state index in [1.54, 1.807) is 0 Å². The monoisotopic (exact) mass is 728 g/mol. The normalized spacial score (nSPS) is 15.5. The molecule has 1 unspecified atom stereocenters. The minimum absolute atomic E-state index is 0.519. The standard InChI is InChI=1S/C53H32N2S/c1-2-15-36-33(13-1)14-11-18-37(36)34-27-29-35(30-28-34)54-46-23-7-4-17-39(46)41-31-45-51(32-49(41)54)56-50-26-10-6-21-43(50)53(45)42-20-5-9-25-48(42)55-47-24-8-3-16-38(47)40-19-12-22-44(53)52(40)55/h1-32H. The van der Waals surface area contributed by atoms with Crippen LogP contribution < -0.4 is 0 Å². The van der Waals surface area contributed by atoms with E-state index in [1.165, 1.54) is 103 Å². The largest absolute Gasteiger partial charge is 0.309 e. The highest BCUT2D eigenvalue weighted by Gasteiger charge is 2.49. The van der Waals surface area contributed by atoms with E-state index in [0.717, 1.165) is 5.69 Å². The Balaban J connectivity index is 1.11. The Hall–Kier alpha value is -6.81. The highest BCUT2D eigenvalue weighted by molar-refractivity contribution is 7.99. The zero-order valence-corrected chi connectivity index (χ0v) is 31.1. The molecule has 9 aromatic carbocycles. The van der Waals surface area contributed by atoms with E-state index in [0.29, 0.717) is 0 Å². The maximum absolute atomic E-state index is 2.55. The van der Waals surface area contributed by atoms with Crippen LogP contribution in [-0.2, 0) is 5.41 Å². The van der Waals surface area contributed by atoms with Crippen LogP contribution in [0.15, 0.2) is 204 Å². The number of hydrogen-bond acceptors (Lipinski definition) is 1. The molecule has 2 aliphatic rings. The summed E-state index contributed by atoms with van der Waals surface area (Å²) < 4.78 is 5.00. The summed E-state index contributed by atoms with van der Waals surface area (Å²) in [5, 5.41) is 7.66. The second kappa shape index (κ2) is 11.1. The van der Waals surface area contributed by atoms with Gasteiger partial charge in [0.05, 0.1) is 33.2 Å². The van der Waals surface area contributed by atoms with Crippen LogP contribution in [-0.4, -0.2) is 9.13 Å². The number of hydrogen-bond donors (Lipinski definition) is 0. The van der Waals surface area contributed by atoms with Crippen LogP contribution in [0.2, 0.25) is 0 Å². The molecule has 1 atom stereocenters. The van der Waals surface area contributed by atoms with Crippen molar-refractivity contribution in [2.45, 2.75) is 15.2 Å². The molecule has 0 saturated carbocycles. The number of nitrogens with zero attached hydrogens (tertiary/aromatic N) is 2. The second-order valence-corrected chi connectivity index (χ2v) is 16.3. The van der Waals surface area contributed by atoms with Crippen LogP contribution in [0.3, 0.4) is 0 Å². The first-order valence-corrected chi connectivity index (χ1v) is 20.2. The van der Waals surface area contributed by atoms with Crippen LogP contribution in [0.5, 0.6) is 0 Å². The number of aromatic nitrogens is 2. The van der Waals surface area contributed by atoms with Crippen molar-refractivity contribution in [2.75, 3.05) is 0 Å². The summed E-state index contributed by atoms with van der Waals surface area (Å²) in [5.41, 5.74) is 14.7. The minimum Gasteiger partial charge on any atom is -0.309 e. The van der Waals surface area contributed by atoms with E-state index in [2.05, 4.69) is 203 Å². The van der Waals surface area contributed by atoms with Gasteiger partial charge in [0.2, 0.25) is 0 Å². The fraction of sp³-hybridized carbons (Fsp3) is 0.0189. The fourth-order valence-corrected chi connectivity index (χ4v) is 11.5. The van der Waals surface area contributed by atoms with Gasteiger partial charge in [-0.2, -0.15) is 0 Å². The molecule has 13 rings (SSSR count). The molecule has 2 aliphatic heterocycles. The van der Waals surface area contributed by atoms with Gasteiger partial charge in [-0.15, -0.1) is 0 Å². The average Bonchev–Trinajstić information content (AvgIpc) is 3.77. The molecule has 0 fully saturated rings. The SMILES string of the molecule is c1ccc2c(c1)Sc1cc3c(cc1C21c2ccccc2-n2c4ccccc4c4cccc1c42)c1ccccc1n3-c1ccc(-c2cccc3ccccc23)cc1. The molecular formula is C53H32N2S.